The molecule has 9 heteroatoms. The lowest BCUT2D eigenvalue weighted by Gasteiger charge is -2.36. The van der Waals surface area contributed by atoms with E-state index in [0.717, 1.165) is 29.7 Å². The Balaban J connectivity index is 2.89. The van der Waals surface area contributed by atoms with Gasteiger partial charge in [0.2, 0.25) is 0 Å². The van der Waals surface area contributed by atoms with Crippen molar-refractivity contribution in [3.63, 3.8) is 0 Å². The van der Waals surface area contributed by atoms with Gasteiger partial charge < -0.3 is 32.8 Å². The average molecular weight is 659 g/mol. The van der Waals surface area contributed by atoms with Crippen LogP contribution in [0.5, 0.6) is 5.75 Å². The van der Waals surface area contributed by atoms with Gasteiger partial charge in [0.25, 0.3) is 0 Å². The molecule has 0 aliphatic heterocycles. The molecule has 1 aromatic carbocycles. The quantitative estimate of drug-likeness (QED) is 0.0512. The molecular weight excluding hydrogens is 600 g/mol. The topological polar surface area (TPSA) is 81.7 Å². The second kappa shape index (κ2) is 20.4. The molecule has 0 N–H and O–H groups in total. The van der Waals surface area contributed by atoms with Crippen molar-refractivity contribution in [2.24, 2.45) is 5.92 Å². The van der Waals surface area contributed by atoms with Crippen LogP contribution in [0.2, 0.25) is 18.1 Å². The van der Waals surface area contributed by atoms with E-state index in [4.69, 9.17) is 32.8 Å². The molecular formula is C37H58O8Si. The highest BCUT2D eigenvalue weighted by Crippen LogP contribution is 2.37. The van der Waals surface area contributed by atoms with E-state index in [2.05, 4.69) is 71.0 Å². The molecule has 1 rings (SSSR count). The van der Waals surface area contributed by atoms with Gasteiger partial charge in [-0.15, -0.1) is 0 Å². The first kappa shape index (κ1) is 41.2. The molecule has 1 aromatic rings. The highest BCUT2D eigenvalue weighted by atomic mass is 28.4. The summed E-state index contributed by atoms with van der Waals surface area (Å²) >= 11 is 0. The molecule has 0 spiro atoms. The van der Waals surface area contributed by atoms with Gasteiger partial charge in [0.1, 0.15) is 18.6 Å². The molecule has 0 saturated carbocycles. The maximum atomic E-state index is 12.1. The van der Waals surface area contributed by atoms with Gasteiger partial charge in [-0.3, -0.25) is 0 Å². The number of carbonyl (C=O) groups excluding carboxylic acids is 1. The third kappa shape index (κ3) is 16.2. The minimum Gasteiger partial charge on any atom is -0.497 e. The molecule has 4 atom stereocenters. The van der Waals surface area contributed by atoms with Crippen LogP contribution in [0.25, 0.3) is 0 Å². The number of hydrogen-bond donors (Lipinski definition) is 0. The van der Waals surface area contributed by atoms with E-state index >= 15 is 0 Å². The first-order chi connectivity index (χ1) is 21.6. The lowest BCUT2D eigenvalue weighted by atomic mass is 9.92. The van der Waals surface area contributed by atoms with E-state index in [0.29, 0.717) is 32.0 Å². The van der Waals surface area contributed by atoms with E-state index in [9.17, 15) is 4.79 Å². The highest BCUT2D eigenvalue weighted by molar-refractivity contribution is 6.74. The summed E-state index contributed by atoms with van der Waals surface area (Å²) in [5, 5.41) is 0.169. The van der Waals surface area contributed by atoms with Crippen LogP contribution in [0.4, 0.5) is 4.79 Å². The molecule has 8 nitrogen and oxygen atoms in total. The lowest BCUT2D eigenvalue weighted by molar-refractivity contribution is -0.132. The van der Waals surface area contributed by atoms with Crippen molar-refractivity contribution < 1.29 is 37.6 Å². The largest absolute Gasteiger partial charge is 0.509 e. The van der Waals surface area contributed by atoms with Gasteiger partial charge in [0.15, 0.2) is 14.4 Å². The predicted molar refractivity (Wildman–Crippen MR) is 186 cm³/mol. The number of allylic oxidation sites excluding steroid dienone is 1. The number of rotatable bonds is 18. The van der Waals surface area contributed by atoms with Gasteiger partial charge >= 0.3 is 6.16 Å². The summed E-state index contributed by atoms with van der Waals surface area (Å²) in [6.07, 6.45) is 1.12. The fraction of sp³-hybridized carbons (Fsp3) is 0.649. The van der Waals surface area contributed by atoms with E-state index < -0.39 is 26.2 Å². The molecule has 0 heterocycles. The summed E-state index contributed by atoms with van der Waals surface area (Å²) in [6, 6.07) is 7.71. The van der Waals surface area contributed by atoms with E-state index in [1.807, 2.05) is 38.1 Å². The van der Waals surface area contributed by atoms with Crippen LogP contribution >= 0.6 is 0 Å². The molecule has 0 fully saturated rings. The number of hydrogen-bond acceptors (Lipinski definition) is 8. The normalized spacial score (nSPS) is 14.8. The van der Waals surface area contributed by atoms with Crippen molar-refractivity contribution in [1.82, 2.24) is 0 Å². The van der Waals surface area contributed by atoms with E-state index in [-0.39, 0.29) is 24.4 Å². The van der Waals surface area contributed by atoms with Gasteiger partial charge in [-0.2, -0.15) is 0 Å². The Morgan fingerprint density at radius 3 is 2.24 bits per heavy atom. The van der Waals surface area contributed by atoms with Crippen molar-refractivity contribution in [1.29, 1.82) is 0 Å². The number of carbonyl (C=O) groups is 1. The Hall–Kier alpha value is -2.79. The Bertz CT molecular complexity index is 1180. The van der Waals surface area contributed by atoms with Crippen molar-refractivity contribution >= 4 is 14.5 Å². The second-order valence-electron chi connectivity index (χ2n) is 13.4. The molecule has 0 aliphatic carbocycles. The zero-order valence-corrected chi connectivity index (χ0v) is 31.2. The zero-order valence-electron chi connectivity index (χ0n) is 30.2. The van der Waals surface area contributed by atoms with Gasteiger partial charge in [0, 0.05) is 33.0 Å². The Labute approximate surface area is 280 Å². The molecule has 3 unspecified atom stereocenters. The monoisotopic (exact) mass is 658 g/mol. The number of methoxy groups -OCH3 is 3. The number of ether oxygens (including phenoxy) is 6. The smallest absolute Gasteiger partial charge is 0.497 e. The summed E-state index contributed by atoms with van der Waals surface area (Å²) in [6.45, 7) is 22.5. The molecule has 258 valence electrons. The van der Waals surface area contributed by atoms with Crippen LogP contribution < -0.4 is 4.74 Å². The first-order valence-corrected chi connectivity index (χ1v) is 18.8. The summed E-state index contributed by atoms with van der Waals surface area (Å²) in [5.74, 6) is 13.8. The molecule has 46 heavy (non-hydrogen) atoms. The Morgan fingerprint density at radius 2 is 1.67 bits per heavy atom. The van der Waals surface area contributed by atoms with Crippen LogP contribution in [0, 0.1) is 29.6 Å². The number of benzene rings is 1. The zero-order chi connectivity index (χ0) is 34.8. The third-order valence-electron chi connectivity index (χ3n) is 8.29. The SMILES string of the molecule is C=C(C)[C@@H](CCC#CC(CC(C)(CC#CC(C)OCc1ccc(OC)cc1)OCOC)OC(=O)OC)CCO[Si](C)(C)C(C)(C)C. The van der Waals surface area contributed by atoms with Crippen molar-refractivity contribution in [3.8, 4) is 29.4 Å². The van der Waals surface area contributed by atoms with Crippen molar-refractivity contribution in [2.45, 2.75) is 116 Å². The Morgan fingerprint density at radius 1 is 1.00 bits per heavy atom. The van der Waals surface area contributed by atoms with Crippen LogP contribution in [0.1, 0.15) is 79.2 Å². The highest BCUT2D eigenvalue weighted by Gasteiger charge is 2.37. The molecule has 0 aromatic heterocycles. The lowest BCUT2D eigenvalue weighted by Crippen LogP contribution is -2.41. The molecule has 0 radical (unpaired) electrons. The fourth-order valence-corrected chi connectivity index (χ4v) is 5.23. The molecule has 0 saturated heterocycles. The van der Waals surface area contributed by atoms with Gasteiger partial charge in [-0.25, -0.2) is 4.79 Å². The minimum absolute atomic E-state index is 0.0529. The maximum absolute atomic E-state index is 12.1. The maximum Gasteiger partial charge on any atom is 0.509 e. The first-order valence-electron chi connectivity index (χ1n) is 15.9. The summed E-state index contributed by atoms with van der Waals surface area (Å²) < 4.78 is 39.0. The molecule has 0 bridgehead atoms. The van der Waals surface area contributed by atoms with Crippen LogP contribution in [0.15, 0.2) is 36.4 Å². The predicted octanol–water partition coefficient (Wildman–Crippen LogP) is 8.30. The van der Waals surface area contributed by atoms with Crippen molar-refractivity contribution in [2.75, 3.05) is 34.7 Å². The van der Waals surface area contributed by atoms with Crippen LogP contribution in [-0.4, -0.2) is 67.0 Å². The minimum atomic E-state index is -1.81. The average Bonchev–Trinajstić information content (AvgIpc) is 2.99. The summed E-state index contributed by atoms with van der Waals surface area (Å²) in [4.78, 5) is 12.1. The standard InChI is InChI=1S/C37H58O8Si/c1-29(2)32(23-25-44-46(11,12)36(4,5)6)17-13-14-18-34(45-35(38)41-10)26-37(7,43-28-39-8)24-15-16-30(3)42-27-31-19-21-33(40-9)22-20-31/h19-22,30,32,34H,1,13,17,23-28H2,2-12H3/t30?,32-,34?,37?/m0/s1. The van der Waals surface area contributed by atoms with E-state index in [1.165, 1.54) is 7.11 Å². The van der Waals surface area contributed by atoms with Crippen LogP contribution in [0.3, 0.4) is 0 Å². The molecule has 0 aliphatic rings. The second-order valence-corrected chi connectivity index (χ2v) is 18.2. The van der Waals surface area contributed by atoms with Crippen molar-refractivity contribution in [3.05, 3.63) is 42.0 Å². The van der Waals surface area contributed by atoms with Gasteiger partial charge in [-0.05, 0) is 75.4 Å². The Kier molecular flexibility index (Phi) is 18.3. The van der Waals surface area contributed by atoms with Crippen LogP contribution in [-0.2, 0) is 34.7 Å². The van der Waals surface area contributed by atoms with Gasteiger partial charge in [0.05, 0.1) is 26.4 Å². The third-order valence-corrected chi connectivity index (χ3v) is 12.8. The van der Waals surface area contributed by atoms with E-state index in [1.54, 1.807) is 14.2 Å². The molecule has 0 amide bonds. The summed E-state index contributed by atoms with van der Waals surface area (Å²) in [7, 11) is 2.66. The van der Waals surface area contributed by atoms with Gasteiger partial charge in [-0.1, -0.05) is 68.7 Å². The fourth-order valence-electron chi connectivity index (χ4n) is 4.17. The summed E-state index contributed by atoms with van der Waals surface area (Å²) in [5.41, 5.74) is 1.33.